The first-order valence-corrected chi connectivity index (χ1v) is 6.97. The molecule has 2 aromatic rings. The van der Waals surface area contributed by atoms with E-state index in [1.165, 1.54) is 5.69 Å². The van der Waals surface area contributed by atoms with Crippen molar-refractivity contribution >= 4 is 11.6 Å². The maximum absolute atomic E-state index is 6.15. The zero-order chi connectivity index (χ0) is 13.7. The van der Waals surface area contributed by atoms with Crippen LogP contribution in [0.3, 0.4) is 0 Å². The van der Waals surface area contributed by atoms with Crippen molar-refractivity contribution < 1.29 is 0 Å². The van der Waals surface area contributed by atoms with E-state index in [1.807, 2.05) is 6.07 Å². The van der Waals surface area contributed by atoms with Crippen LogP contribution in [0.15, 0.2) is 36.8 Å². The van der Waals surface area contributed by atoms with Gasteiger partial charge in [0.2, 0.25) is 0 Å². The number of pyridine rings is 1. The van der Waals surface area contributed by atoms with Gasteiger partial charge in [-0.05, 0) is 36.2 Å². The smallest absolute Gasteiger partial charge is 0.0639 e. The van der Waals surface area contributed by atoms with Gasteiger partial charge in [-0.3, -0.25) is 4.98 Å². The molecule has 1 N–H and O–H groups in total. The summed E-state index contributed by atoms with van der Waals surface area (Å²) in [6, 6.07) is 6.18. The topological polar surface area (TPSA) is 29.9 Å². The summed E-state index contributed by atoms with van der Waals surface area (Å²) in [5, 5.41) is 4.18. The van der Waals surface area contributed by atoms with E-state index in [0.29, 0.717) is 5.92 Å². The third-order valence-corrected chi connectivity index (χ3v) is 3.32. The highest BCUT2D eigenvalue weighted by Gasteiger charge is 2.05. The molecule has 2 rings (SSSR count). The SMILES string of the molecule is CC(C)CNCc1cccn1Cc1ccncc1Cl. The summed E-state index contributed by atoms with van der Waals surface area (Å²) >= 11 is 6.15. The van der Waals surface area contributed by atoms with Gasteiger partial charge >= 0.3 is 0 Å². The van der Waals surface area contributed by atoms with Crippen LogP contribution in [-0.4, -0.2) is 16.1 Å². The molecule has 0 saturated carbocycles. The monoisotopic (exact) mass is 277 g/mol. The molecule has 0 saturated heterocycles. The van der Waals surface area contributed by atoms with Crippen LogP contribution in [0.5, 0.6) is 0 Å². The van der Waals surface area contributed by atoms with Gasteiger partial charge in [0, 0.05) is 37.4 Å². The van der Waals surface area contributed by atoms with Gasteiger partial charge in [-0.15, -0.1) is 0 Å². The fourth-order valence-corrected chi connectivity index (χ4v) is 2.15. The molecule has 0 bridgehead atoms. The standard InChI is InChI=1S/C15H20ClN3/c1-12(2)8-18-9-14-4-3-7-19(14)11-13-5-6-17-10-15(13)16/h3-7,10,12,18H,8-9,11H2,1-2H3. The fourth-order valence-electron chi connectivity index (χ4n) is 1.97. The van der Waals surface area contributed by atoms with Crippen LogP contribution in [0.1, 0.15) is 25.1 Å². The van der Waals surface area contributed by atoms with Crippen LogP contribution < -0.4 is 5.32 Å². The second kappa shape index (κ2) is 6.73. The molecule has 0 radical (unpaired) electrons. The largest absolute Gasteiger partial charge is 0.346 e. The molecule has 19 heavy (non-hydrogen) atoms. The predicted octanol–water partition coefficient (Wildman–Crippen LogP) is 3.33. The minimum atomic E-state index is 0.665. The van der Waals surface area contributed by atoms with Crippen LogP contribution in [-0.2, 0) is 13.1 Å². The van der Waals surface area contributed by atoms with E-state index < -0.39 is 0 Å². The number of rotatable bonds is 6. The molecule has 0 aromatic carbocycles. The molecule has 3 nitrogen and oxygen atoms in total. The summed E-state index contributed by atoms with van der Waals surface area (Å²) in [6.07, 6.45) is 5.56. The summed E-state index contributed by atoms with van der Waals surface area (Å²) in [4.78, 5) is 4.01. The van der Waals surface area contributed by atoms with Gasteiger partial charge in [-0.1, -0.05) is 25.4 Å². The van der Waals surface area contributed by atoms with Gasteiger partial charge in [-0.25, -0.2) is 0 Å². The zero-order valence-corrected chi connectivity index (χ0v) is 12.2. The Morgan fingerprint density at radius 3 is 2.95 bits per heavy atom. The molecule has 2 aromatic heterocycles. The molecule has 0 aliphatic rings. The molecule has 0 atom stereocenters. The van der Waals surface area contributed by atoms with Crippen molar-refractivity contribution in [3.63, 3.8) is 0 Å². The molecule has 0 spiro atoms. The van der Waals surface area contributed by atoms with Crippen LogP contribution in [0, 0.1) is 5.92 Å². The Kier molecular flexibility index (Phi) is 5.00. The Labute approximate surface area is 119 Å². The van der Waals surface area contributed by atoms with Crippen LogP contribution in [0.2, 0.25) is 5.02 Å². The Balaban J connectivity index is 2.01. The Morgan fingerprint density at radius 2 is 2.21 bits per heavy atom. The molecule has 0 aliphatic heterocycles. The lowest BCUT2D eigenvalue weighted by molar-refractivity contribution is 0.539. The lowest BCUT2D eigenvalue weighted by Gasteiger charge is -2.12. The van der Waals surface area contributed by atoms with E-state index in [0.717, 1.165) is 30.2 Å². The van der Waals surface area contributed by atoms with Gasteiger partial charge in [0.1, 0.15) is 0 Å². The summed E-state index contributed by atoms with van der Waals surface area (Å²) in [7, 11) is 0. The quantitative estimate of drug-likeness (QED) is 0.878. The molecular formula is C15H20ClN3. The highest BCUT2D eigenvalue weighted by Crippen LogP contribution is 2.16. The number of nitrogens with zero attached hydrogens (tertiary/aromatic N) is 2. The molecule has 0 fully saturated rings. The maximum atomic E-state index is 6.15. The first kappa shape index (κ1) is 14.1. The molecule has 0 unspecified atom stereocenters. The zero-order valence-electron chi connectivity index (χ0n) is 11.4. The first-order valence-electron chi connectivity index (χ1n) is 6.60. The van der Waals surface area contributed by atoms with Crippen molar-refractivity contribution in [1.82, 2.24) is 14.9 Å². The molecule has 0 aliphatic carbocycles. The highest BCUT2D eigenvalue weighted by molar-refractivity contribution is 6.31. The average molecular weight is 278 g/mol. The maximum Gasteiger partial charge on any atom is 0.0639 e. The minimum Gasteiger partial charge on any atom is -0.346 e. The number of halogens is 1. The minimum absolute atomic E-state index is 0.665. The second-order valence-corrected chi connectivity index (χ2v) is 5.53. The van der Waals surface area contributed by atoms with Crippen molar-refractivity contribution in [2.24, 2.45) is 5.92 Å². The molecular weight excluding hydrogens is 258 g/mol. The van der Waals surface area contributed by atoms with E-state index in [9.17, 15) is 0 Å². The third-order valence-electron chi connectivity index (χ3n) is 2.98. The Bertz CT molecular complexity index is 520. The summed E-state index contributed by atoms with van der Waals surface area (Å²) < 4.78 is 2.22. The van der Waals surface area contributed by atoms with Gasteiger partial charge in [0.25, 0.3) is 0 Å². The van der Waals surface area contributed by atoms with Crippen molar-refractivity contribution in [2.75, 3.05) is 6.54 Å². The number of hydrogen-bond acceptors (Lipinski definition) is 2. The molecule has 0 amide bonds. The van der Waals surface area contributed by atoms with Crippen molar-refractivity contribution in [2.45, 2.75) is 26.9 Å². The number of nitrogens with one attached hydrogen (secondary N) is 1. The van der Waals surface area contributed by atoms with E-state index in [2.05, 4.69) is 47.0 Å². The summed E-state index contributed by atoms with van der Waals surface area (Å²) in [6.45, 7) is 7.12. The second-order valence-electron chi connectivity index (χ2n) is 5.12. The normalized spacial score (nSPS) is 11.2. The molecule has 2 heterocycles. The van der Waals surface area contributed by atoms with E-state index >= 15 is 0 Å². The first-order chi connectivity index (χ1) is 9.16. The van der Waals surface area contributed by atoms with E-state index in [1.54, 1.807) is 12.4 Å². The molecule has 4 heteroatoms. The summed E-state index contributed by atoms with van der Waals surface area (Å²) in [5.74, 6) is 0.665. The van der Waals surface area contributed by atoms with Gasteiger partial charge < -0.3 is 9.88 Å². The lowest BCUT2D eigenvalue weighted by Crippen LogP contribution is -2.21. The van der Waals surface area contributed by atoms with Crippen molar-refractivity contribution in [1.29, 1.82) is 0 Å². The number of hydrogen-bond donors (Lipinski definition) is 1. The fraction of sp³-hybridized carbons (Fsp3) is 0.400. The van der Waals surface area contributed by atoms with Crippen LogP contribution >= 0.6 is 11.6 Å². The Hall–Kier alpha value is -1.32. The van der Waals surface area contributed by atoms with E-state index in [-0.39, 0.29) is 0 Å². The third kappa shape index (κ3) is 4.08. The highest BCUT2D eigenvalue weighted by atomic mass is 35.5. The number of aromatic nitrogens is 2. The Morgan fingerprint density at radius 1 is 1.37 bits per heavy atom. The van der Waals surface area contributed by atoms with Crippen molar-refractivity contribution in [3.8, 4) is 0 Å². The van der Waals surface area contributed by atoms with Gasteiger partial charge in [0.05, 0.1) is 5.02 Å². The van der Waals surface area contributed by atoms with Gasteiger partial charge in [0.15, 0.2) is 0 Å². The molecule has 102 valence electrons. The predicted molar refractivity (Wildman–Crippen MR) is 79.3 cm³/mol. The van der Waals surface area contributed by atoms with E-state index in [4.69, 9.17) is 11.6 Å². The average Bonchev–Trinajstić information content (AvgIpc) is 2.79. The van der Waals surface area contributed by atoms with Crippen molar-refractivity contribution in [3.05, 3.63) is 53.1 Å². The lowest BCUT2D eigenvalue weighted by atomic mass is 10.2. The summed E-state index contributed by atoms with van der Waals surface area (Å²) in [5.41, 5.74) is 2.37. The van der Waals surface area contributed by atoms with Gasteiger partial charge in [-0.2, -0.15) is 0 Å². The van der Waals surface area contributed by atoms with Crippen LogP contribution in [0.4, 0.5) is 0 Å². The van der Waals surface area contributed by atoms with Crippen LogP contribution in [0.25, 0.3) is 0 Å².